The van der Waals surface area contributed by atoms with Gasteiger partial charge in [-0.2, -0.15) is 0 Å². The minimum atomic E-state index is -0.306. The van der Waals surface area contributed by atoms with E-state index in [9.17, 15) is 10.0 Å². The van der Waals surface area contributed by atoms with Gasteiger partial charge < -0.3 is 10.4 Å². The number of hydrogen-bond acceptors (Lipinski definition) is 5. The zero-order valence-corrected chi connectivity index (χ0v) is 15.6. The lowest BCUT2D eigenvalue weighted by Gasteiger charge is -2.37. The fraction of sp³-hybridized carbons (Fsp3) is 0.950. The van der Waals surface area contributed by atoms with Gasteiger partial charge >= 0.3 is 0 Å². The molecule has 1 aliphatic heterocycles. The fourth-order valence-electron chi connectivity index (χ4n) is 5.24. The highest BCUT2D eigenvalue weighted by molar-refractivity contribution is 5.83. The van der Waals surface area contributed by atoms with Crippen LogP contribution in [0.2, 0.25) is 0 Å². The molecule has 0 aromatic heterocycles. The van der Waals surface area contributed by atoms with Crippen molar-refractivity contribution in [1.82, 2.24) is 10.1 Å². The van der Waals surface area contributed by atoms with Gasteiger partial charge in [-0.25, -0.2) is 0 Å². The number of ketones is 1. The molecule has 0 radical (unpaired) electrons. The Morgan fingerprint density at radius 2 is 1.52 bits per heavy atom. The Hall–Kier alpha value is -0.490. The molecule has 25 heavy (non-hydrogen) atoms. The largest absolute Gasteiger partial charge is 0.762 e. The Morgan fingerprint density at radius 3 is 2.12 bits per heavy atom. The summed E-state index contributed by atoms with van der Waals surface area (Å²) in [6.07, 6.45) is 13.9. The van der Waals surface area contributed by atoms with Gasteiger partial charge in [0, 0.05) is 12.0 Å². The number of carbonyl (C=O) groups excluding carboxylic acids is 1. The van der Waals surface area contributed by atoms with Gasteiger partial charge in [-0.3, -0.25) is 14.9 Å². The van der Waals surface area contributed by atoms with E-state index >= 15 is 0 Å². The predicted molar refractivity (Wildman–Crippen MR) is 98.1 cm³/mol. The molecule has 5 nitrogen and oxygen atoms in total. The second kappa shape index (κ2) is 9.45. The maximum atomic E-state index is 12.5. The summed E-state index contributed by atoms with van der Waals surface area (Å²) in [5.74, 6) is 2.28. The van der Waals surface area contributed by atoms with Crippen molar-refractivity contribution in [1.29, 1.82) is 0 Å². The molecule has 0 aromatic carbocycles. The Bertz CT molecular complexity index is 407. The molecule has 3 fully saturated rings. The molecule has 3 aliphatic rings. The topological polar surface area (TPSA) is 66.8 Å². The van der Waals surface area contributed by atoms with Gasteiger partial charge in [0.1, 0.15) is 5.78 Å². The van der Waals surface area contributed by atoms with Crippen LogP contribution in [0.3, 0.4) is 0 Å². The second-order valence-corrected chi connectivity index (χ2v) is 8.73. The van der Waals surface area contributed by atoms with Gasteiger partial charge in [0.05, 0.1) is 6.54 Å². The van der Waals surface area contributed by atoms with Crippen LogP contribution < -0.4 is 0 Å². The van der Waals surface area contributed by atoms with Crippen molar-refractivity contribution in [3.63, 3.8) is 0 Å². The van der Waals surface area contributed by atoms with Crippen molar-refractivity contribution in [2.24, 2.45) is 17.8 Å². The first-order valence-electron chi connectivity index (χ1n) is 10.5. The molecule has 0 aromatic rings. The predicted octanol–water partition coefficient (Wildman–Crippen LogP) is 3.99. The maximum absolute atomic E-state index is 12.5. The molecular weight excluding hydrogens is 316 g/mol. The summed E-state index contributed by atoms with van der Waals surface area (Å²) < 4.78 is 0. The first-order chi connectivity index (χ1) is 12.1. The van der Waals surface area contributed by atoms with Crippen LogP contribution in [-0.2, 0) is 4.79 Å². The van der Waals surface area contributed by atoms with E-state index in [1.165, 1.54) is 51.4 Å². The van der Waals surface area contributed by atoms with Crippen molar-refractivity contribution in [2.45, 2.75) is 83.1 Å². The van der Waals surface area contributed by atoms with Crippen molar-refractivity contribution < 1.29 is 10.0 Å². The molecule has 0 spiro atoms. The number of Topliss-reactive ketones (excluding diaryl/α,β-unsaturated/α-hetero) is 1. The summed E-state index contributed by atoms with van der Waals surface area (Å²) in [6.45, 7) is 2.73. The van der Waals surface area contributed by atoms with E-state index < -0.39 is 0 Å². The lowest BCUT2D eigenvalue weighted by molar-refractivity contribution is -0.128. The first-order valence-corrected chi connectivity index (χ1v) is 10.5. The summed E-state index contributed by atoms with van der Waals surface area (Å²) in [6, 6.07) is -0.306. The number of hydrogen-bond donors (Lipinski definition) is 1. The third-order valence-corrected chi connectivity index (χ3v) is 6.94. The third kappa shape index (κ3) is 5.75. The SMILES string of the molecule is O=C(CN1CCC(CC2CCCCC2)CC1)C1CCC(N([O-])O)CC1. The number of hydroxylamine groups is 2. The van der Waals surface area contributed by atoms with Crippen molar-refractivity contribution in [2.75, 3.05) is 19.6 Å². The molecule has 3 rings (SSSR count). The van der Waals surface area contributed by atoms with Gasteiger partial charge in [-0.1, -0.05) is 32.1 Å². The molecule has 0 atom stereocenters. The number of likely N-dealkylation sites (tertiary alicyclic amines) is 1. The molecule has 1 heterocycles. The van der Waals surface area contributed by atoms with Gasteiger partial charge in [0.15, 0.2) is 0 Å². The average Bonchev–Trinajstić information content (AvgIpc) is 2.64. The summed E-state index contributed by atoms with van der Waals surface area (Å²) in [4.78, 5) is 14.9. The van der Waals surface area contributed by atoms with Gasteiger partial charge in [-0.05, 0) is 69.9 Å². The number of rotatable bonds is 6. The minimum absolute atomic E-state index is 0.0811. The smallest absolute Gasteiger partial charge is 0.149 e. The van der Waals surface area contributed by atoms with Crippen molar-refractivity contribution in [3.05, 3.63) is 5.21 Å². The second-order valence-electron chi connectivity index (χ2n) is 8.73. The number of piperidine rings is 1. The summed E-state index contributed by atoms with van der Waals surface area (Å²) >= 11 is 0. The molecular formula is C20H35N2O3-. The molecule has 0 bridgehead atoms. The van der Waals surface area contributed by atoms with Crippen LogP contribution >= 0.6 is 0 Å². The standard InChI is InChI=1S/C20H35N2O3/c23-20(18-6-8-19(9-7-18)22(24)25)15-21-12-10-17(11-13-21)14-16-4-2-1-3-5-16/h16-19,24H,1-15H2/q-1. The van der Waals surface area contributed by atoms with E-state index in [-0.39, 0.29) is 17.2 Å². The number of nitrogens with zero attached hydrogens (tertiary/aromatic N) is 2. The Morgan fingerprint density at radius 1 is 0.920 bits per heavy atom. The zero-order valence-electron chi connectivity index (χ0n) is 15.6. The maximum Gasteiger partial charge on any atom is 0.149 e. The molecule has 5 heteroatoms. The highest BCUT2D eigenvalue weighted by Crippen LogP contribution is 2.33. The molecule has 0 amide bonds. The first kappa shape index (κ1) is 19.3. The lowest BCUT2D eigenvalue weighted by Crippen LogP contribution is -2.41. The Kier molecular flexibility index (Phi) is 7.28. The molecule has 2 saturated carbocycles. The number of carbonyl (C=O) groups is 1. The molecule has 0 unspecified atom stereocenters. The molecule has 144 valence electrons. The van der Waals surface area contributed by atoms with Gasteiger partial charge in [0.2, 0.25) is 0 Å². The molecule has 2 aliphatic carbocycles. The molecule has 1 N–H and O–H groups in total. The van der Waals surface area contributed by atoms with Crippen LogP contribution in [-0.4, -0.2) is 46.8 Å². The normalized spacial score (nSPS) is 30.7. The lowest BCUT2D eigenvalue weighted by atomic mass is 9.79. The summed E-state index contributed by atoms with van der Waals surface area (Å²) in [5, 5.41) is 20.0. The average molecular weight is 352 g/mol. The van der Waals surface area contributed by atoms with Crippen LogP contribution in [0, 0.1) is 23.0 Å². The van der Waals surface area contributed by atoms with E-state index in [1.54, 1.807) is 0 Å². The fourth-order valence-corrected chi connectivity index (χ4v) is 5.24. The van der Waals surface area contributed by atoms with Crippen LogP contribution in [0.15, 0.2) is 0 Å². The Labute approximate surface area is 152 Å². The Balaban J connectivity index is 1.34. The highest BCUT2D eigenvalue weighted by atomic mass is 16.8. The van der Waals surface area contributed by atoms with E-state index in [1.807, 2.05) is 0 Å². The monoisotopic (exact) mass is 351 g/mol. The van der Waals surface area contributed by atoms with Crippen LogP contribution in [0.1, 0.15) is 77.0 Å². The van der Waals surface area contributed by atoms with Crippen molar-refractivity contribution in [3.8, 4) is 0 Å². The van der Waals surface area contributed by atoms with Gasteiger partial charge in [0.25, 0.3) is 0 Å². The van der Waals surface area contributed by atoms with Crippen LogP contribution in [0.25, 0.3) is 0 Å². The van der Waals surface area contributed by atoms with E-state index in [0.717, 1.165) is 37.8 Å². The van der Waals surface area contributed by atoms with Crippen LogP contribution in [0.5, 0.6) is 0 Å². The van der Waals surface area contributed by atoms with E-state index in [0.29, 0.717) is 25.2 Å². The highest BCUT2D eigenvalue weighted by Gasteiger charge is 2.29. The van der Waals surface area contributed by atoms with Crippen LogP contribution in [0.4, 0.5) is 0 Å². The summed E-state index contributed by atoms with van der Waals surface area (Å²) in [7, 11) is 0. The van der Waals surface area contributed by atoms with E-state index in [2.05, 4.69) is 4.90 Å². The van der Waals surface area contributed by atoms with Gasteiger partial charge in [-0.15, -0.1) is 0 Å². The minimum Gasteiger partial charge on any atom is -0.762 e. The van der Waals surface area contributed by atoms with Crippen molar-refractivity contribution >= 4 is 5.78 Å². The quantitative estimate of drug-likeness (QED) is 0.733. The zero-order chi connectivity index (χ0) is 17.6. The third-order valence-electron chi connectivity index (χ3n) is 6.94. The van der Waals surface area contributed by atoms with E-state index in [4.69, 9.17) is 5.21 Å². The summed E-state index contributed by atoms with van der Waals surface area (Å²) in [5.41, 5.74) is 0. The molecule has 1 saturated heterocycles.